The van der Waals surface area contributed by atoms with E-state index in [-0.39, 0.29) is 16.7 Å². The van der Waals surface area contributed by atoms with E-state index in [1.807, 2.05) is 42.5 Å². The van der Waals surface area contributed by atoms with E-state index >= 15 is 0 Å². The van der Waals surface area contributed by atoms with Crippen LogP contribution in [0.25, 0.3) is 11.1 Å². The van der Waals surface area contributed by atoms with Crippen LogP contribution in [0, 0.1) is 0 Å². The molecule has 4 aromatic rings. The van der Waals surface area contributed by atoms with Gasteiger partial charge in [-0.2, -0.15) is 0 Å². The first-order valence-electron chi connectivity index (χ1n) is 10.5. The number of hydrogen-bond acceptors (Lipinski definition) is 4. The lowest BCUT2D eigenvalue weighted by Crippen LogP contribution is -2.24. The molecule has 6 heteroatoms. The van der Waals surface area contributed by atoms with Crippen LogP contribution >= 0.6 is 11.3 Å². The van der Waals surface area contributed by atoms with E-state index in [0.29, 0.717) is 23.4 Å². The molecule has 0 bridgehead atoms. The number of aromatic hydroxyl groups is 1. The Bertz CT molecular complexity index is 1240. The lowest BCUT2D eigenvalue weighted by atomic mass is 9.99. The van der Waals surface area contributed by atoms with Crippen molar-refractivity contribution in [3.8, 4) is 17.0 Å². The van der Waals surface area contributed by atoms with E-state index in [4.69, 9.17) is 0 Å². The summed E-state index contributed by atoms with van der Waals surface area (Å²) in [7, 11) is 0. The second kappa shape index (κ2) is 10.1. The third-order valence-electron chi connectivity index (χ3n) is 5.24. The first kappa shape index (κ1) is 21.6. The van der Waals surface area contributed by atoms with Crippen molar-refractivity contribution >= 4 is 17.2 Å². The summed E-state index contributed by atoms with van der Waals surface area (Å²) in [4.78, 5) is 26.3. The molecule has 4 rings (SSSR count). The predicted molar refractivity (Wildman–Crippen MR) is 128 cm³/mol. The molecule has 0 saturated heterocycles. The molecule has 0 aliphatic carbocycles. The standard InChI is InChI=1S/C26H24N2O3S/c29-24(21-8-2-1-3-9-21)27-15-5-7-18-6-4-10-22(16-18)20-13-11-19(12-14-20)17-23-25(30)28-26(31)32-23/h1-4,6,8-14,16,30H,5,7,15,17H2,(H,27,29)(H,28,31). The van der Waals surface area contributed by atoms with Crippen molar-refractivity contribution in [2.45, 2.75) is 19.3 Å². The van der Waals surface area contributed by atoms with Gasteiger partial charge in [0.2, 0.25) is 5.88 Å². The van der Waals surface area contributed by atoms with Gasteiger partial charge in [-0.15, -0.1) is 0 Å². The molecule has 0 spiro atoms. The maximum absolute atomic E-state index is 12.1. The number of aromatic nitrogens is 1. The Morgan fingerprint density at radius 2 is 1.69 bits per heavy atom. The number of aromatic amines is 1. The number of aryl methyl sites for hydroxylation is 1. The van der Waals surface area contributed by atoms with Gasteiger partial charge in [0.25, 0.3) is 5.91 Å². The van der Waals surface area contributed by atoms with Crippen molar-refractivity contribution < 1.29 is 9.90 Å². The molecule has 0 radical (unpaired) electrons. The van der Waals surface area contributed by atoms with E-state index in [9.17, 15) is 14.7 Å². The highest BCUT2D eigenvalue weighted by molar-refractivity contribution is 7.09. The van der Waals surface area contributed by atoms with Crippen LogP contribution in [0.5, 0.6) is 5.88 Å². The molecule has 0 atom stereocenters. The summed E-state index contributed by atoms with van der Waals surface area (Å²) in [5, 5.41) is 12.7. The second-order valence-electron chi connectivity index (χ2n) is 7.59. The fraction of sp³-hybridized carbons (Fsp3) is 0.154. The van der Waals surface area contributed by atoms with Crippen LogP contribution in [-0.4, -0.2) is 22.5 Å². The number of H-pyrrole nitrogens is 1. The molecular formula is C26H24N2O3S. The van der Waals surface area contributed by atoms with Crippen molar-refractivity contribution in [3.63, 3.8) is 0 Å². The average molecular weight is 445 g/mol. The lowest BCUT2D eigenvalue weighted by Gasteiger charge is -2.08. The predicted octanol–water partition coefficient (Wildman–Crippen LogP) is 4.76. The molecule has 1 heterocycles. The fourth-order valence-corrected chi connectivity index (χ4v) is 4.32. The zero-order valence-electron chi connectivity index (χ0n) is 17.5. The topological polar surface area (TPSA) is 82.2 Å². The maximum Gasteiger partial charge on any atom is 0.307 e. The number of rotatable bonds is 8. The Labute approximate surface area is 190 Å². The molecule has 3 aromatic carbocycles. The Kier molecular flexibility index (Phi) is 6.82. The molecule has 1 amide bonds. The number of carbonyl (C=O) groups excluding carboxylic acids is 1. The third kappa shape index (κ3) is 5.53. The summed E-state index contributed by atoms with van der Waals surface area (Å²) in [6, 6.07) is 25.8. The minimum Gasteiger partial charge on any atom is -0.494 e. The van der Waals surface area contributed by atoms with Gasteiger partial charge in [0, 0.05) is 18.5 Å². The molecule has 0 unspecified atom stereocenters. The molecule has 0 saturated carbocycles. The lowest BCUT2D eigenvalue weighted by molar-refractivity contribution is 0.0953. The van der Waals surface area contributed by atoms with E-state index in [1.165, 1.54) is 5.56 Å². The molecule has 3 N–H and O–H groups in total. The van der Waals surface area contributed by atoms with Gasteiger partial charge in [-0.05, 0) is 47.2 Å². The molecular weight excluding hydrogens is 420 g/mol. The summed E-state index contributed by atoms with van der Waals surface area (Å²) in [5.41, 5.74) is 5.18. The molecule has 0 fully saturated rings. The maximum atomic E-state index is 12.1. The van der Waals surface area contributed by atoms with Gasteiger partial charge in [0.1, 0.15) is 0 Å². The van der Waals surface area contributed by atoms with Crippen LogP contribution in [-0.2, 0) is 12.8 Å². The number of thiazole rings is 1. The Hall–Kier alpha value is -3.64. The van der Waals surface area contributed by atoms with Gasteiger partial charge in [-0.3, -0.25) is 14.6 Å². The average Bonchev–Trinajstić information content (AvgIpc) is 3.14. The summed E-state index contributed by atoms with van der Waals surface area (Å²) in [6.07, 6.45) is 2.26. The summed E-state index contributed by atoms with van der Waals surface area (Å²) < 4.78 is 0. The highest BCUT2D eigenvalue weighted by atomic mass is 32.1. The number of nitrogens with one attached hydrogen (secondary N) is 2. The quantitative estimate of drug-likeness (QED) is 0.343. The summed E-state index contributed by atoms with van der Waals surface area (Å²) >= 11 is 1.03. The Balaban J connectivity index is 1.33. The van der Waals surface area contributed by atoms with E-state index < -0.39 is 0 Å². The van der Waals surface area contributed by atoms with Crippen LogP contribution < -0.4 is 10.2 Å². The van der Waals surface area contributed by atoms with Crippen LogP contribution in [0.4, 0.5) is 0 Å². The van der Waals surface area contributed by atoms with Gasteiger partial charge in [0.15, 0.2) is 0 Å². The Morgan fingerprint density at radius 3 is 2.41 bits per heavy atom. The van der Waals surface area contributed by atoms with Gasteiger partial charge in [-0.25, -0.2) is 0 Å². The van der Waals surface area contributed by atoms with Gasteiger partial charge in [-0.1, -0.05) is 78.1 Å². The van der Waals surface area contributed by atoms with Crippen molar-refractivity contribution in [2.24, 2.45) is 0 Å². The van der Waals surface area contributed by atoms with Gasteiger partial charge >= 0.3 is 4.87 Å². The highest BCUT2D eigenvalue weighted by Crippen LogP contribution is 2.24. The first-order valence-corrected chi connectivity index (χ1v) is 11.3. The van der Waals surface area contributed by atoms with Gasteiger partial charge in [0.05, 0.1) is 4.88 Å². The van der Waals surface area contributed by atoms with Crippen molar-refractivity contribution in [2.75, 3.05) is 6.54 Å². The SMILES string of the molecule is O=C(NCCCc1cccc(-c2ccc(Cc3sc(=O)[nH]c3O)cc2)c1)c1ccccc1. The molecule has 0 aliphatic rings. The van der Waals surface area contributed by atoms with Crippen LogP contribution in [0.2, 0.25) is 0 Å². The zero-order valence-corrected chi connectivity index (χ0v) is 18.3. The first-order chi connectivity index (χ1) is 15.6. The molecule has 0 aliphatic heterocycles. The van der Waals surface area contributed by atoms with Gasteiger partial charge < -0.3 is 10.4 Å². The molecule has 1 aromatic heterocycles. The molecule has 32 heavy (non-hydrogen) atoms. The number of amides is 1. The number of hydrogen-bond donors (Lipinski definition) is 3. The second-order valence-corrected chi connectivity index (χ2v) is 8.65. The smallest absolute Gasteiger partial charge is 0.307 e. The summed E-state index contributed by atoms with van der Waals surface area (Å²) in [5.74, 6) is -0.0867. The van der Waals surface area contributed by atoms with Crippen LogP contribution in [0.15, 0.2) is 83.7 Å². The largest absolute Gasteiger partial charge is 0.494 e. The van der Waals surface area contributed by atoms with E-state index in [2.05, 4.69) is 46.7 Å². The number of carbonyl (C=O) groups is 1. The monoisotopic (exact) mass is 444 g/mol. The van der Waals surface area contributed by atoms with Crippen molar-refractivity contribution in [3.05, 3.63) is 110 Å². The van der Waals surface area contributed by atoms with E-state index in [1.54, 1.807) is 0 Å². The fourth-order valence-electron chi connectivity index (χ4n) is 3.56. The number of benzene rings is 3. The van der Waals surface area contributed by atoms with Crippen molar-refractivity contribution in [1.29, 1.82) is 0 Å². The molecule has 162 valence electrons. The summed E-state index contributed by atoms with van der Waals surface area (Å²) in [6.45, 7) is 0.630. The highest BCUT2D eigenvalue weighted by Gasteiger charge is 2.08. The zero-order chi connectivity index (χ0) is 22.3. The normalized spacial score (nSPS) is 10.8. The van der Waals surface area contributed by atoms with Crippen LogP contribution in [0.3, 0.4) is 0 Å². The third-order valence-corrected chi connectivity index (χ3v) is 6.11. The molecule has 5 nitrogen and oxygen atoms in total. The van der Waals surface area contributed by atoms with E-state index in [0.717, 1.165) is 40.9 Å². The minimum absolute atomic E-state index is 0.0420. The van der Waals surface area contributed by atoms with Crippen molar-refractivity contribution in [1.82, 2.24) is 10.3 Å². The Morgan fingerprint density at radius 1 is 0.906 bits per heavy atom. The van der Waals surface area contributed by atoms with Crippen LogP contribution in [0.1, 0.15) is 32.8 Å². The minimum atomic E-state index is -0.245.